The fourth-order valence-corrected chi connectivity index (χ4v) is 4.07. The van der Waals surface area contributed by atoms with E-state index in [0.29, 0.717) is 17.5 Å². The molecule has 1 N–H and O–H groups in total. The molecule has 0 aliphatic carbocycles. The molecule has 0 aliphatic heterocycles. The van der Waals surface area contributed by atoms with Crippen molar-refractivity contribution in [1.82, 2.24) is 20.1 Å². The molecule has 0 saturated heterocycles. The molecule has 1 aromatic carbocycles. The number of carbonyl (C=O) groups excluding carboxylic acids is 3. The van der Waals surface area contributed by atoms with Crippen LogP contribution in [0.5, 0.6) is 5.75 Å². The Morgan fingerprint density at radius 3 is 2.58 bits per heavy atom. The van der Waals surface area contributed by atoms with Crippen LogP contribution in [0.25, 0.3) is 10.7 Å². The van der Waals surface area contributed by atoms with Gasteiger partial charge in [0, 0.05) is 12.1 Å². The predicted molar refractivity (Wildman–Crippen MR) is 116 cm³/mol. The summed E-state index contributed by atoms with van der Waals surface area (Å²) < 4.78 is 11.9. The maximum atomic E-state index is 12.0. The van der Waals surface area contributed by atoms with Crippen LogP contribution >= 0.6 is 23.1 Å². The standard InChI is InChI=1S/C20H20N4O5S2/c1-3-24-18(15-5-4-10-30-15)22-23-20(24)31-12-17(26)29-11-16(25)21-19(27)13-6-8-14(28-2)9-7-13/h4-10H,3,11-12H2,1-2H3,(H,21,25,27). The van der Waals surface area contributed by atoms with E-state index in [-0.39, 0.29) is 11.3 Å². The van der Waals surface area contributed by atoms with Gasteiger partial charge in [0.15, 0.2) is 17.6 Å². The molecule has 2 amide bonds. The Bertz CT molecular complexity index is 1050. The van der Waals surface area contributed by atoms with Crippen molar-refractivity contribution in [3.05, 3.63) is 47.3 Å². The monoisotopic (exact) mass is 460 g/mol. The number of benzene rings is 1. The van der Waals surface area contributed by atoms with Gasteiger partial charge in [-0.05, 0) is 42.6 Å². The van der Waals surface area contributed by atoms with Crippen molar-refractivity contribution < 1.29 is 23.9 Å². The molecule has 0 aliphatic rings. The van der Waals surface area contributed by atoms with E-state index < -0.39 is 24.4 Å². The highest BCUT2D eigenvalue weighted by atomic mass is 32.2. The number of hydrogen-bond donors (Lipinski definition) is 1. The van der Waals surface area contributed by atoms with Crippen LogP contribution in [-0.4, -0.2) is 52.0 Å². The third kappa shape index (κ3) is 5.92. The number of hydrogen-bond acceptors (Lipinski definition) is 9. The third-order valence-electron chi connectivity index (χ3n) is 4.06. The van der Waals surface area contributed by atoms with Gasteiger partial charge in [-0.25, -0.2) is 0 Å². The molecule has 2 aromatic heterocycles. The Morgan fingerprint density at radius 1 is 1.16 bits per heavy atom. The zero-order valence-electron chi connectivity index (χ0n) is 16.9. The number of esters is 1. The van der Waals surface area contributed by atoms with E-state index >= 15 is 0 Å². The summed E-state index contributed by atoms with van der Waals surface area (Å²) in [5.74, 6) is -0.602. The van der Waals surface area contributed by atoms with Crippen LogP contribution in [0, 0.1) is 0 Å². The van der Waals surface area contributed by atoms with Gasteiger partial charge in [0.1, 0.15) is 5.75 Å². The summed E-state index contributed by atoms with van der Waals surface area (Å²) in [5, 5.41) is 13.0. The van der Waals surface area contributed by atoms with Crippen molar-refractivity contribution >= 4 is 40.9 Å². The van der Waals surface area contributed by atoms with Crippen molar-refractivity contribution in [3.8, 4) is 16.5 Å². The van der Waals surface area contributed by atoms with E-state index in [1.54, 1.807) is 23.5 Å². The van der Waals surface area contributed by atoms with Crippen molar-refractivity contribution in [2.75, 3.05) is 19.5 Å². The minimum absolute atomic E-state index is 0.0394. The first-order valence-electron chi connectivity index (χ1n) is 9.25. The Morgan fingerprint density at radius 2 is 1.94 bits per heavy atom. The number of amides is 2. The lowest BCUT2D eigenvalue weighted by Crippen LogP contribution is -2.34. The summed E-state index contributed by atoms with van der Waals surface area (Å²) in [7, 11) is 1.51. The predicted octanol–water partition coefficient (Wildman–Crippen LogP) is 2.63. The Hall–Kier alpha value is -3.18. The van der Waals surface area contributed by atoms with Crippen LogP contribution in [0.1, 0.15) is 17.3 Å². The number of ether oxygens (including phenoxy) is 2. The summed E-state index contributed by atoms with van der Waals surface area (Å²) in [6.07, 6.45) is 0. The normalized spacial score (nSPS) is 10.5. The Kier molecular flexibility index (Phi) is 7.79. The molecule has 31 heavy (non-hydrogen) atoms. The summed E-state index contributed by atoms with van der Waals surface area (Å²) in [4.78, 5) is 36.9. The fraction of sp³-hybridized carbons (Fsp3) is 0.250. The maximum Gasteiger partial charge on any atom is 0.316 e. The smallest absolute Gasteiger partial charge is 0.316 e. The van der Waals surface area contributed by atoms with Gasteiger partial charge in [0.05, 0.1) is 17.7 Å². The minimum atomic E-state index is -0.712. The van der Waals surface area contributed by atoms with Gasteiger partial charge in [-0.3, -0.25) is 19.7 Å². The summed E-state index contributed by atoms with van der Waals surface area (Å²) >= 11 is 2.73. The van der Waals surface area contributed by atoms with E-state index in [9.17, 15) is 14.4 Å². The van der Waals surface area contributed by atoms with Crippen LogP contribution in [0.2, 0.25) is 0 Å². The molecule has 9 nitrogen and oxygen atoms in total. The van der Waals surface area contributed by atoms with Crippen LogP contribution in [0.3, 0.4) is 0 Å². The first kappa shape index (κ1) is 22.5. The molecule has 2 heterocycles. The average molecular weight is 461 g/mol. The SMILES string of the molecule is CCn1c(SCC(=O)OCC(=O)NC(=O)c2ccc(OC)cc2)nnc1-c1cccs1. The van der Waals surface area contributed by atoms with Crippen molar-refractivity contribution in [1.29, 1.82) is 0 Å². The third-order valence-corrected chi connectivity index (χ3v) is 5.87. The van der Waals surface area contributed by atoms with Gasteiger partial charge in [-0.1, -0.05) is 17.8 Å². The summed E-state index contributed by atoms with van der Waals surface area (Å²) in [6, 6.07) is 10.2. The first-order chi connectivity index (χ1) is 15.0. The number of nitrogens with one attached hydrogen (secondary N) is 1. The molecule has 0 spiro atoms. The van der Waals surface area contributed by atoms with Crippen molar-refractivity contribution in [3.63, 3.8) is 0 Å². The van der Waals surface area contributed by atoms with Gasteiger partial charge in [0.2, 0.25) is 0 Å². The molecule has 0 saturated carbocycles. The molecule has 0 atom stereocenters. The Labute approximate surface area is 186 Å². The fourth-order valence-electron chi connectivity index (χ4n) is 2.56. The second-order valence-electron chi connectivity index (χ2n) is 6.08. The van der Waals surface area contributed by atoms with Gasteiger partial charge in [-0.15, -0.1) is 21.5 Å². The number of carbonyl (C=O) groups is 3. The average Bonchev–Trinajstić information content (AvgIpc) is 3.45. The number of imide groups is 1. The summed E-state index contributed by atoms with van der Waals surface area (Å²) in [6.45, 7) is 2.06. The second-order valence-corrected chi connectivity index (χ2v) is 7.97. The van der Waals surface area contributed by atoms with Crippen molar-refractivity contribution in [2.24, 2.45) is 0 Å². The summed E-state index contributed by atoms with van der Waals surface area (Å²) in [5.41, 5.74) is 0.288. The lowest BCUT2D eigenvalue weighted by molar-refractivity contribution is -0.145. The molecule has 162 valence electrons. The van der Waals surface area contributed by atoms with Gasteiger partial charge in [-0.2, -0.15) is 0 Å². The largest absolute Gasteiger partial charge is 0.497 e. The van der Waals surface area contributed by atoms with Crippen molar-refractivity contribution in [2.45, 2.75) is 18.6 Å². The first-order valence-corrected chi connectivity index (χ1v) is 11.1. The van der Waals surface area contributed by atoms with Gasteiger partial charge >= 0.3 is 5.97 Å². The lowest BCUT2D eigenvalue weighted by Gasteiger charge is -2.07. The molecule has 0 unspecified atom stereocenters. The number of nitrogens with zero attached hydrogens (tertiary/aromatic N) is 3. The minimum Gasteiger partial charge on any atom is -0.497 e. The Balaban J connectivity index is 1.46. The maximum absolute atomic E-state index is 12.0. The topological polar surface area (TPSA) is 112 Å². The van der Waals surface area contributed by atoms with Gasteiger partial charge < -0.3 is 14.0 Å². The molecule has 11 heteroatoms. The quantitative estimate of drug-likeness (QED) is 0.383. The van der Waals surface area contributed by atoms with E-state index in [2.05, 4.69) is 15.5 Å². The highest BCUT2D eigenvalue weighted by molar-refractivity contribution is 7.99. The molecular weight excluding hydrogens is 440 g/mol. The lowest BCUT2D eigenvalue weighted by atomic mass is 10.2. The zero-order valence-corrected chi connectivity index (χ0v) is 18.5. The molecular formula is C20H20N4O5S2. The number of thioether (sulfide) groups is 1. The highest BCUT2D eigenvalue weighted by Crippen LogP contribution is 2.27. The second kappa shape index (κ2) is 10.7. The van der Waals surface area contributed by atoms with E-state index in [1.807, 2.05) is 29.0 Å². The highest BCUT2D eigenvalue weighted by Gasteiger charge is 2.17. The molecule has 3 aromatic rings. The van der Waals surface area contributed by atoms with E-state index in [0.717, 1.165) is 10.7 Å². The van der Waals surface area contributed by atoms with Crippen LogP contribution in [0.15, 0.2) is 46.9 Å². The van der Waals surface area contributed by atoms with Crippen LogP contribution in [-0.2, 0) is 20.9 Å². The zero-order chi connectivity index (χ0) is 22.2. The molecule has 0 bridgehead atoms. The van der Waals surface area contributed by atoms with E-state index in [1.165, 1.54) is 31.0 Å². The number of thiophene rings is 1. The molecule has 3 rings (SSSR count). The van der Waals surface area contributed by atoms with Crippen LogP contribution in [0.4, 0.5) is 0 Å². The number of methoxy groups -OCH3 is 1. The van der Waals surface area contributed by atoms with Crippen LogP contribution < -0.4 is 10.1 Å². The molecule has 0 fully saturated rings. The van der Waals surface area contributed by atoms with E-state index in [4.69, 9.17) is 9.47 Å². The number of rotatable bonds is 9. The molecule has 0 radical (unpaired) electrons. The van der Waals surface area contributed by atoms with Gasteiger partial charge in [0.25, 0.3) is 11.8 Å². The number of aromatic nitrogens is 3.